The monoisotopic (exact) mass is 697 g/mol. The molecule has 1 heterocycles. The molecule has 3 spiro atoms. The van der Waals surface area contributed by atoms with Gasteiger partial charge in [-0.15, -0.1) is 0 Å². The van der Waals surface area contributed by atoms with E-state index >= 15 is 4.79 Å². The molecular formula is C47H55NO4. The SMILES string of the molecule is C[C@]12CC[C@H]3[C@]4(C=C[C@@]5(C=C4C(=O)c4ccc(-c6ccccc6)cc4)C[C@@H](O)CC[C@]35C)[C@@H]1CC[C@@]21CN(CC23CC4CC(CC(C4)C2)C3)C(=O)O1. The Bertz CT molecular complexity index is 1880. The van der Waals surface area contributed by atoms with Gasteiger partial charge in [-0.2, -0.15) is 0 Å². The molecule has 2 aromatic carbocycles. The van der Waals surface area contributed by atoms with Gasteiger partial charge in [-0.25, -0.2) is 4.79 Å². The topological polar surface area (TPSA) is 66.8 Å². The maximum atomic E-state index is 15.1. The molecule has 2 aromatic rings. The molecule has 5 nitrogen and oxygen atoms in total. The van der Waals surface area contributed by atoms with Crippen LogP contribution in [0, 0.1) is 56.7 Å². The second-order valence-electron chi connectivity index (χ2n) is 20.2. The number of ketones is 1. The number of allylic oxidation sites excluding steroid dienone is 4. The highest BCUT2D eigenvalue weighted by Gasteiger charge is 2.76. The molecule has 1 aliphatic heterocycles. The first-order valence-electron chi connectivity index (χ1n) is 20.8. The van der Waals surface area contributed by atoms with Crippen LogP contribution in [0.3, 0.4) is 0 Å². The summed E-state index contributed by atoms with van der Waals surface area (Å²) in [6, 6.07) is 18.6. The third kappa shape index (κ3) is 4.05. The summed E-state index contributed by atoms with van der Waals surface area (Å²) in [5.74, 6) is 3.21. The number of nitrogens with zero attached hydrogens (tertiary/aromatic N) is 1. The van der Waals surface area contributed by atoms with Crippen LogP contribution < -0.4 is 0 Å². The van der Waals surface area contributed by atoms with E-state index in [0.717, 1.165) is 85.1 Å². The number of carbonyl (C=O) groups excluding carboxylic acids is 2. The van der Waals surface area contributed by atoms with Crippen LogP contribution in [-0.4, -0.2) is 46.7 Å². The van der Waals surface area contributed by atoms with Crippen molar-refractivity contribution in [3.8, 4) is 11.1 Å². The van der Waals surface area contributed by atoms with Crippen molar-refractivity contribution in [3.05, 3.63) is 84.0 Å². The molecule has 0 unspecified atom stereocenters. The minimum Gasteiger partial charge on any atom is -0.440 e. The van der Waals surface area contributed by atoms with Crippen LogP contribution in [0.5, 0.6) is 0 Å². The van der Waals surface area contributed by atoms with E-state index in [2.05, 4.69) is 73.4 Å². The minimum absolute atomic E-state index is 0.0318. The number of rotatable bonds is 5. The van der Waals surface area contributed by atoms with Crippen LogP contribution in [0.1, 0.15) is 108 Å². The van der Waals surface area contributed by atoms with E-state index in [-0.39, 0.29) is 45.6 Å². The number of amides is 1. The Balaban J connectivity index is 0.963. The Kier molecular flexibility index (Phi) is 6.53. The lowest BCUT2D eigenvalue weighted by Crippen LogP contribution is -2.67. The molecule has 11 aliphatic rings. The van der Waals surface area contributed by atoms with E-state index in [9.17, 15) is 9.90 Å². The first-order valence-corrected chi connectivity index (χ1v) is 20.8. The van der Waals surface area contributed by atoms with Gasteiger partial charge in [0.1, 0.15) is 5.60 Å². The second-order valence-corrected chi connectivity index (χ2v) is 20.2. The van der Waals surface area contributed by atoms with E-state index in [1.807, 2.05) is 18.2 Å². The molecule has 272 valence electrons. The molecule has 13 rings (SSSR count). The number of Topliss-reactive ketones (excluding diaryl/α,β-unsaturated/α-hetero) is 1. The number of benzene rings is 2. The van der Waals surface area contributed by atoms with Crippen LogP contribution >= 0.6 is 0 Å². The highest BCUT2D eigenvalue weighted by atomic mass is 16.6. The van der Waals surface area contributed by atoms with Gasteiger partial charge in [0, 0.05) is 33.9 Å². The summed E-state index contributed by atoms with van der Waals surface area (Å²) in [7, 11) is 0. The van der Waals surface area contributed by atoms with Gasteiger partial charge in [-0.3, -0.25) is 4.79 Å². The molecular weight excluding hydrogens is 643 g/mol. The van der Waals surface area contributed by atoms with E-state index in [4.69, 9.17) is 4.74 Å². The van der Waals surface area contributed by atoms with Crippen LogP contribution in [0.4, 0.5) is 4.79 Å². The molecule has 8 atom stereocenters. The fourth-order valence-corrected chi connectivity index (χ4v) is 16.0. The predicted octanol–water partition coefficient (Wildman–Crippen LogP) is 9.80. The number of aliphatic hydroxyl groups excluding tert-OH is 1. The maximum Gasteiger partial charge on any atom is 0.410 e. The first-order chi connectivity index (χ1) is 25.0. The molecule has 1 N–H and O–H groups in total. The molecule has 1 amide bonds. The molecule has 1 saturated heterocycles. The van der Waals surface area contributed by atoms with E-state index < -0.39 is 11.0 Å². The summed E-state index contributed by atoms with van der Waals surface area (Å²) in [6.45, 7) is 6.49. The predicted molar refractivity (Wildman–Crippen MR) is 201 cm³/mol. The van der Waals surface area contributed by atoms with E-state index in [1.54, 1.807) is 0 Å². The van der Waals surface area contributed by atoms with Crippen LogP contribution in [-0.2, 0) is 4.74 Å². The third-order valence-electron chi connectivity index (χ3n) is 17.9. The lowest BCUT2D eigenvalue weighted by atomic mass is 9.32. The molecule has 8 fully saturated rings. The van der Waals surface area contributed by atoms with Gasteiger partial charge < -0.3 is 14.7 Å². The number of aliphatic hydroxyl groups is 1. The summed E-state index contributed by atoms with van der Waals surface area (Å²) in [5, 5.41) is 11.1. The summed E-state index contributed by atoms with van der Waals surface area (Å²) < 4.78 is 6.80. The van der Waals surface area contributed by atoms with Gasteiger partial charge in [0.2, 0.25) is 0 Å². The molecule has 6 bridgehead atoms. The summed E-state index contributed by atoms with van der Waals surface area (Å²) >= 11 is 0. The van der Waals surface area contributed by atoms with Gasteiger partial charge in [-0.05, 0) is 135 Å². The van der Waals surface area contributed by atoms with Crippen LogP contribution in [0.15, 0.2) is 78.4 Å². The molecule has 0 aromatic heterocycles. The zero-order valence-electron chi connectivity index (χ0n) is 31.1. The number of carbonyl (C=O) groups is 2. The third-order valence-corrected chi connectivity index (χ3v) is 17.9. The zero-order chi connectivity index (χ0) is 35.3. The quantitative estimate of drug-likeness (QED) is 0.250. The van der Waals surface area contributed by atoms with Crippen molar-refractivity contribution in [2.45, 2.75) is 109 Å². The average Bonchev–Trinajstić information content (AvgIpc) is 3.60. The molecule has 52 heavy (non-hydrogen) atoms. The lowest BCUT2D eigenvalue weighted by Gasteiger charge is -2.71. The van der Waals surface area contributed by atoms with E-state index in [1.165, 1.54) is 38.5 Å². The normalized spacial score (nSPS) is 47.6. The van der Waals surface area contributed by atoms with Crippen molar-refractivity contribution in [1.29, 1.82) is 0 Å². The Morgan fingerprint density at radius 2 is 1.42 bits per heavy atom. The van der Waals surface area contributed by atoms with Crippen molar-refractivity contribution in [1.82, 2.24) is 4.90 Å². The Labute approximate surface area is 309 Å². The number of hydrogen-bond acceptors (Lipinski definition) is 4. The van der Waals surface area contributed by atoms with Gasteiger partial charge in [0.05, 0.1) is 12.6 Å². The smallest absolute Gasteiger partial charge is 0.410 e. The number of fused-ring (bicyclic) bond motifs is 2. The summed E-state index contributed by atoms with van der Waals surface area (Å²) in [5.41, 5.74) is 2.68. The van der Waals surface area contributed by atoms with Crippen molar-refractivity contribution in [2.75, 3.05) is 13.1 Å². The molecule has 0 radical (unpaired) electrons. The van der Waals surface area contributed by atoms with Crippen molar-refractivity contribution >= 4 is 11.9 Å². The Morgan fingerprint density at radius 1 is 0.788 bits per heavy atom. The minimum atomic E-state index is -0.522. The lowest BCUT2D eigenvalue weighted by molar-refractivity contribution is -0.164. The highest BCUT2D eigenvalue weighted by Crippen LogP contribution is 2.79. The van der Waals surface area contributed by atoms with Crippen molar-refractivity contribution in [2.24, 2.45) is 56.7 Å². The van der Waals surface area contributed by atoms with Gasteiger partial charge >= 0.3 is 6.09 Å². The molecule has 5 heteroatoms. The Morgan fingerprint density at radius 3 is 2.13 bits per heavy atom. The van der Waals surface area contributed by atoms with Crippen LogP contribution in [0.25, 0.3) is 11.1 Å². The maximum absolute atomic E-state index is 15.1. The average molecular weight is 698 g/mol. The number of ether oxygens (including phenoxy) is 1. The second kappa shape index (κ2) is 10.5. The van der Waals surface area contributed by atoms with Gasteiger partial charge in [0.15, 0.2) is 5.78 Å². The molecule has 10 aliphatic carbocycles. The fourth-order valence-electron chi connectivity index (χ4n) is 16.0. The fraction of sp³-hybridized carbons (Fsp3) is 0.617. The van der Waals surface area contributed by atoms with E-state index in [0.29, 0.717) is 18.9 Å². The van der Waals surface area contributed by atoms with Crippen LogP contribution in [0.2, 0.25) is 0 Å². The Hall–Kier alpha value is -3.18. The highest BCUT2D eigenvalue weighted by molar-refractivity contribution is 6.10. The molecule has 7 saturated carbocycles. The number of hydrogen-bond donors (Lipinski definition) is 1. The van der Waals surface area contributed by atoms with Crippen molar-refractivity contribution < 1.29 is 19.4 Å². The summed E-state index contributed by atoms with van der Waals surface area (Å²) in [4.78, 5) is 31.4. The standard InChI is InChI=1S/C47H55NO4/c1-42-15-12-36(49)26-45(42)18-19-47(37(27-45)40(50)35-10-8-34(9-11-35)33-6-4-3-5-7-33)38(42)13-16-43(2)39(47)14-17-46(43)29-48(41(51)52-46)28-44-23-30-20-31(24-44)22-32(21-30)25-44/h3-11,18-19,27,30-32,36,38-39,49H,12-17,20-26,28-29H2,1-2H3/t30?,31?,32?,36-,38+,39+,42+,43-,44?,45-,46+,47+/m0/s1. The summed E-state index contributed by atoms with van der Waals surface area (Å²) in [6.07, 6.45) is 21.2. The van der Waals surface area contributed by atoms with Gasteiger partial charge in [0.25, 0.3) is 0 Å². The zero-order valence-corrected chi connectivity index (χ0v) is 31.1. The largest absolute Gasteiger partial charge is 0.440 e. The van der Waals surface area contributed by atoms with Crippen molar-refractivity contribution in [3.63, 3.8) is 0 Å². The van der Waals surface area contributed by atoms with Gasteiger partial charge in [-0.1, -0.05) is 86.7 Å². The first kappa shape index (κ1) is 32.3.